The van der Waals surface area contributed by atoms with Crippen molar-refractivity contribution in [3.63, 3.8) is 0 Å². The van der Waals surface area contributed by atoms with Crippen LogP contribution in [0.3, 0.4) is 0 Å². The van der Waals surface area contributed by atoms with Gasteiger partial charge in [0.05, 0.1) is 24.8 Å². The van der Waals surface area contributed by atoms with Crippen LogP contribution < -0.4 is 15.4 Å². The van der Waals surface area contributed by atoms with Gasteiger partial charge in [-0.15, -0.1) is 0 Å². The van der Waals surface area contributed by atoms with E-state index in [0.29, 0.717) is 45.1 Å². The maximum Gasteiger partial charge on any atom is 0.330 e. The summed E-state index contributed by atoms with van der Waals surface area (Å²) in [5.74, 6) is -0.848. The number of carbonyl (C=O) groups is 3. The Morgan fingerprint density at radius 2 is 1.79 bits per heavy atom. The predicted octanol–water partition coefficient (Wildman–Crippen LogP) is 5.28. The highest BCUT2D eigenvalue weighted by molar-refractivity contribution is 6.34. The lowest BCUT2D eigenvalue weighted by Gasteiger charge is -2.09. The van der Waals surface area contributed by atoms with Crippen LogP contribution >= 0.6 is 0 Å². The Morgan fingerprint density at radius 1 is 1.08 bits per heavy atom. The summed E-state index contributed by atoms with van der Waals surface area (Å²) in [6.45, 7) is 8.10. The molecule has 0 radical (unpaired) electrons. The molecule has 1 aliphatic rings. The summed E-state index contributed by atoms with van der Waals surface area (Å²) in [6, 6.07) is 11.3. The van der Waals surface area contributed by atoms with Crippen molar-refractivity contribution in [1.29, 1.82) is 0 Å². The number of carbonyl (C=O) groups excluding carboxylic acids is 3. The second-order valence-electron chi connectivity index (χ2n) is 8.40. The van der Waals surface area contributed by atoms with Crippen LogP contribution in [-0.4, -0.2) is 43.0 Å². The first-order valence-corrected chi connectivity index (χ1v) is 12.6. The topological polar surface area (TPSA) is 110 Å². The summed E-state index contributed by atoms with van der Waals surface area (Å²) in [7, 11) is 1.32. The van der Waals surface area contributed by atoms with Crippen LogP contribution in [0, 0.1) is 19.7 Å². The minimum Gasteiger partial charge on any atom is -0.492 e. The number of aromatic nitrogens is 1. The molecule has 0 spiro atoms. The van der Waals surface area contributed by atoms with E-state index in [0.717, 1.165) is 5.56 Å². The molecule has 1 aliphatic heterocycles. The second-order valence-corrected chi connectivity index (χ2v) is 8.40. The first kappa shape index (κ1) is 28.9. The molecule has 4 rings (SSSR count). The van der Waals surface area contributed by atoms with E-state index in [2.05, 4.69) is 20.4 Å². The van der Waals surface area contributed by atoms with E-state index in [4.69, 9.17) is 4.74 Å². The number of hydrogen-bond donors (Lipinski definition) is 3. The number of rotatable bonds is 8. The maximum absolute atomic E-state index is 13.7. The molecule has 8 nitrogen and oxygen atoms in total. The van der Waals surface area contributed by atoms with Crippen LogP contribution in [0.15, 0.2) is 48.5 Å². The molecule has 204 valence electrons. The standard InChI is InChI=1S/C28H26FN3O5.C2H6/c1-16-24(15-22-21-14-19(29)7-10-23(21)32-27(22)34)31-17(2)26(16)28(35)30-12-13-37-20-8-4-18(5-9-20)6-11-25(33)36-3;1-2/h4-11,14-15,31H,12-13H2,1-3H3,(H,30,35)(H,32,34);1-2H3/b11-6+,22-15-;. The van der Waals surface area contributed by atoms with Gasteiger partial charge >= 0.3 is 5.97 Å². The van der Waals surface area contributed by atoms with Crippen LogP contribution in [-0.2, 0) is 14.3 Å². The summed E-state index contributed by atoms with van der Waals surface area (Å²) in [6.07, 6.45) is 4.60. The van der Waals surface area contributed by atoms with Crippen molar-refractivity contribution in [1.82, 2.24) is 10.3 Å². The maximum atomic E-state index is 13.7. The largest absolute Gasteiger partial charge is 0.492 e. The molecule has 1 aromatic heterocycles. The lowest BCUT2D eigenvalue weighted by atomic mass is 10.0. The average molecular weight is 534 g/mol. The molecular weight excluding hydrogens is 501 g/mol. The molecule has 0 saturated carbocycles. The number of benzene rings is 2. The second kappa shape index (κ2) is 13.2. The molecule has 2 amide bonds. The minimum atomic E-state index is -0.436. The van der Waals surface area contributed by atoms with Gasteiger partial charge in [0.1, 0.15) is 18.2 Å². The first-order chi connectivity index (χ1) is 18.8. The van der Waals surface area contributed by atoms with E-state index in [1.54, 1.807) is 50.3 Å². The van der Waals surface area contributed by atoms with Crippen molar-refractivity contribution >= 4 is 41.2 Å². The Hall–Kier alpha value is -4.66. The van der Waals surface area contributed by atoms with Gasteiger partial charge in [-0.05, 0) is 67.5 Å². The zero-order chi connectivity index (χ0) is 28.5. The Balaban J connectivity index is 0.00000205. The number of H-pyrrole nitrogens is 1. The highest BCUT2D eigenvalue weighted by atomic mass is 19.1. The zero-order valence-corrected chi connectivity index (χ0v) is 22.6. The first-order valence-electron chi connectivity index (χ1n) is 12.6. The fourth-order valence-electron chi connectivity index (χ4n) is 4.04. The quantitative estimate of drug-likeness (QED) is 0.207. The number of halogens is 1. The highest BCUT2D eigenvalue weighted by Crippen LogP contribution is 2.34. The van der Waals surface area contributed by atoms with E-state index < -0.39 is 11.8 Å². The molecule has 0 atom stereocenters. The van der Waals surface area contributed by atoms with Gasteiger partial charge in [-0.25, -0.2) is 9.18 Å². The van der Waals surface area contributed by atoms with Crippen LogP contribution in [0.5, 0.6) is 5.75 Å². The Kier molecular flexibility index (Phi) is 9.80. The molecular formula is C30H32FN3O5. The fourth-order valence-corrected chi connectivity index (χ4v) is 4.04. The molecule has 39 heavy (non-hydrogen) atoms. The van der Waals surface area contributed by atoms with Gasteiger partial charge in [0.2, 0.25) is 0 Å². The van der Waals surface area contributed by atoms with Crippen LogP contribution in [0.4, 0.5) is 10.1 Å². The van der Waals surface area contributed by atoms with Gasteiger partial charge in [0, 0.05) is 28.7 Å². The number of anilines is 1. The van der Waals surface area contributed by atoms with E-state index in [1.165, 1.54) is 31.4 Å². The Labute approximate surface area is 226 Å². The van der Waals surface area contributed by atoms with Crippen LogP contribution in [0.2, 0.25) is 0 Å². The molecule has 9 heteroatoms. The molecule has 0 saturated heterocycles. The van der Waals surface area contributed by atoms with Crippen molar-refractivity contribution in [2.75, 3.05) is 25.6 Å². The van der Waals surface area contributed by atoms with Gasteiger partial charge in [-0.1, -0.05) is 26.0 Å². The van der Waals surface area contributed by atoms with E-state index in [9.17, 15) is 18.8 Å². The Bertz CT molecular complexity index is 1420. The number of aryl methyl sites for hydroxylation is 1. The third-order valence-electron chi connectivity index (χ3n) is 5.91. The smallest absolute Gasteiger partial charge is 0.330 e. The number of aromatic amines is 1. The molecule has 0 fully saturated rings. The monoisotopic (exact) mass is 533 g/mol. The van der Waals surface area contributed by atoms with Crippen molar-refractivity contribution < 1.29 is 28.2 Å². The molecule has 3 aromatic rings. The van der Waals surface area contributed by atoms with Gasteiger partial charge < -0.3 is 25.1 Å². The number of hydrogen-bond acceptors (Lipinski definition) is 5. The lowest BCUT2D eigenvalue weighted by Crippen LogP contribution is -2.28. The van der Waals surface area contributed by atoms with Gasteiger partial charge in [0.15, 0.2) is 0 Å². The summed E-state index contributed by atoms with van der Waals surface area (Å²) in [5, 5.41) is 5.56. The minimum absolute atomic E-state index is 0.255. The van der Waals surface area contributed by atoms with E-state index in [-0.39, 0.29) is 25.0 Å². The number of methoxy groups -OCH3 is 1. The van der Waals surface area contributed by atoms with Crippen LogP contribution in [0.1, 0.15) is 52.3 Å². The van der Waals surface area contributed by atoms with Crippen molar-refractivity contribution in [2.45, 2.75) is 27.7 Å². The number of esters is 1. The summed E-state index contributed by atoms with van der Waals surface area (Å²) >= 11 is 0. The molecule has 3 N–H and O–H groups in total. The Morgan fingerprint density at radius 3 is 2.49 bits per heavy atom. The SMILES string of the molecule is CC.COC(=O)/C=C/c1ccc(OCCNC(=O)c2c(C)[nH]c(/C=C3\C(=O)Nc4ccc(F)cc43)c2C)cc1. The number of ether oxygens (including phenoxy) is 2. The normalized spacial score (nSPS) is 13.0. The summed E-state index contributed by atoms with van der Waals surface area (Å²) < 4.78 is 24.0. The number of nitrogens with one attached hydrogen (secondary N) is 3. The van der Waals surface area contributed by atoms with Crippen molar-refractivity contribution in [3.05, 3.63) is 88.0 Å². The van der Waals surface area contributed by atoms with Crippen LogP contribution in [0.25, 0.3) is 17.7 Å². The molecule has 0 unspecified atom stereocenters. The van der Waals surface area contributed by atoms with Gasteiger partial charge in [0.25, 0.3) is 11.8 Å². The molecule has 2 aromatic carbocycles. The number of amides is 2. The van der Waals surface area contributed by atoms with Crippen molar-refractivity contribution in [2.24, 2.45) is 0 Å². The van der Waals surface area contributed by atoms with E-state index in [1.807, 2.05) is 13.8 Å². The van der Waals surface area contributed by atoms with Gasteiger partial charge in [-0.3, -0.25) is 9.59 Å². The summed E-state index contributed by atoms with van der Waals surface area (Å²) in [4.78, 5) is 39.6. The number of fused-ring (bicyclic) bond motifs is 1. The van der Waals surface area contributed by atoms with Crippen molar-refractivity contribution in [3.8, 4) is 5.75 Å². The van der Waals surface area contributed by atoms with E-state index >= 15 is 0 Å². The highest BCUT2D eigenvalue weighted by Gasteiger charge is 2.26. The third kappa shape index (κ3) is 7.01. The molecule has 0 aliphatic carbocycles. The predicted molar refractivity (Wildman–Crippen MR) is 150 cm³/mol. The van der Waals surface area contributed by atoms with Gasteiger partial charge in [-0.2, -0.15) is 0 Å². The lowest BCUT2D eigenvalue weighted by molar-refractivity contribution is -0.134. The summed E-state index contributed by atoms with van der Waals surface area (Å²) in [5.41, 5.74) is 4.57. The molecule has 0 bridgehead atoms. The average Bonchev–Trinajstić information content (AvgIpc) is 3.40. The third-order valence-corrected chi connectivity index (χ3v) is 5.91. The molecule has 2 heterocycles. The fraction of sp³-hybridized carbons (Fsp3) is 0.233. The zero-order valence-electron chi connectivity index (χ0n) is 22.6.